The third kappa shape index (κ3) is 3.74. The molecule has 1 heterocycles. The van der Waals surface area contributed by atoms with Gasteiger partial charge in [0.25, 0.3) is 0 Å². The molecule has 0 fully saturated rings. The van der Waals surface area contributed by atoms with E-state index >= 15 is 0 Å². The molecular weight excluding hydrogens is 322 g/mol. The van der Waals surface area contributed by atoms with E-state index in [-0.39, 0.29) is 0 Å². The Bertz CT molecular complexity index is 722. The van der Waals surface area contributed by atoms with E-state index < -0.39 is 0 Å². The summed E-state index contributed by atoms with van der Waals surface area (Å²) < 4.78 is 27.0. The van der Waals surface area contributed by atoms with Gasteiger partial charge in [-0.2, -0.15) is 0 Å². The Morgan fingerprint density at radius 2 is 1.48 bits per heavy atom. The Morgan fingerprint density at radius 3 is 2.12 bits per heavy atom. The van der Waals surface area contributed by atoms with E-state index in [1.807, 2.05) is 24.3 Å². The number of nitrogens with zero attached hydrogens (tertiary/aromatic N) is 1. The highest BCUT2D eigenvalue weighted by Gasteiger charge is 2.16. The van der Waals surface area contributed by atoms with Crippen molar-refractivity contribution in [3.05, 3.63) is 41.5 Å². The van der Waals surface area contributed by atoms with Crippen LogP contribution in [0.4, 0.5) is 0 Å². The zero-order chi connectivity index (χ0) is 17.8. The third-order valence-corrected chi connectivity index (χ3v) is 4.07. The lowest BCUT2D eigenvalue weighted by atomic mass is 10.1. The summed E-state index contributed by atoms with van der Waals surface area (Å²) >= 11 is 0. The molecule has 1 aliphatic rings. The SMILES string of the molecule is COc1cc(CN(C)Cc2ccc3c(c2)OCO3)cc(OC)c1OC. The molecule has 2 aromatic carbocycles. The maximum Gasteiger partial charge on any atom is 0.231 e. The number of fused-ring (bicyclic) bond motifs is 1. The first-order chi connectivity index (χ1) is 12.1. The highest BCUT2D eigenvalue weighted by molar-refractivity contribution is 5.53. The maximum atomic E-state index is 5.44. The second-order valence-corrected chi connectivity index (χ2v) is 5.89. The Hall–Kier alpha value is -2.60. The first kappa shape index (κ1) is 17.2. The van der Waals surface area contributed by atoms with Gasteiger partial charge in [0.05, 0.1) is 21.3 Å². The third-order valence-electron chi connectivity index (χ3n) is 4.07. The van der Waals surface area contributed by atoms with Gasteiger partial charge in [0.15, 0.2) is 23.0 Å². The number of hydrogen-bond donors (Lipinski definition) is 0. The second-order valence-electron chi connectivity index (χ2n) is 5.89. The van der Waals surface area contributed by atoms with Crippen molar-refractivity contribution in [2.45, 2.75) is 13.1 Å². The van der Waals surface area contributed by atoms with Crippen LogP contribution in [0.3, 0.4) is 0 Å². The summed E-state index contributed by atoms with van der Waals surface area (Å²) in [7, 11) is 6.91. The topological polar surface area (TPSA) is 49.4 Å². The number of ether oxygens (including phenoxy) is 5. The molecule has 0 saturated heterocycles. The molecule has 134 valence electrons. The van der Waals surface area contributed by atoms with Gasteiger partial charge in [-0.05, 0) is 42.4 Å². The molecule has 1 aliphatic heterocycles. The summed E-state index contributed by atoms with van der Waals surface area (Å²) in [6.45, 7) is 1.82. The molecule has 0 radical (unpaired) electrons. The zero-order valence-electron chi connectivity index (χ0n) is 15.0. The molecule has 0 atom stereocenters. The van der Waals surface area contributed by atoms with E-state index in [0.717, 1.165) is 30.2 Å². The highest BCUT2D eigenvalue weighted by atomic mass is 16.7. The normalized spacial score (nSPS) is 12.4. The van der Waals surface area contributed by atoms with E-state index in [0.29, 0.717) is 24.0 Å². The molecule has 6 heteroatoms. The minimum atomic E-state index is 0.292. The van der Waals surface area contributed by atoms with Crippen LogP contribution < -0.4 is 23.7 Å². The molecule has 0 spiro atoms. The van der Waals surface area contributed by atoms with Gasteiger partial charge in [0, 0.05) is 13.1 Å². The van der Waals surface area contributed by atoms with Gasteiger partial charge in [0.1, 0.15) is 0 Å². The van der Waals surface area contributed by atoms with Crippen molar-refractivity contribution in [3.8, 4) is 28.7 Å². The van der Waals surface area contributed by atoms with Crippen molar-refractivity contribution in [2.75, 3.05) is 35.2 Å². The smallest absolute Gasteiger partial charge is 0.231 e. The minimum absolute atomic E-state index is 0.292. The van der Waals surface area contributed by atoms with Gasteiger partial charge in [-0.15, -0.1) is 0 Å². The standard InChI is InChI=1S/C19H23NO5/c1-20(10-13-5-6-15-16(7-13)25-12-24-15)11-14-8-17(21-2)19(23-4)18(9-14)22-3/h5-9H,10-12H2,1-4H3. The molecule has 0 unspecified atom stereocenters. The van der Waals surface area contributed by atoms with Crippen molar-refractivity contribution < 1.29 is 23.7 Å². The van der Waals surface area contributed by atoms with Crippen LogP contribution in [0.1, 0.15) is 11.1 Å². The van der Waals surface area contributed by atoms with Crippen molar-refractivity contribution >= 4 is 0 Å². The van der Waals surface area contributed by atoms with Crippen LogP contribution >= 0.6 is 0 Å². The minimum Gasteiger partial charge on any atom is -0.493 e. The Morgan fingerprint density at radius 1 is 0.840 bits per heavy atom. The number of methoxy groups -OCH3 is 3. The zero-order valence-corrected chi connectivity index (χ0v) is 15.0. The first-order valence-corrected chi connectivity index (χ1v) is 8.00. The van der Waals surface area contributed by atoms with Gasteiger partial charge < -0.3 is 23.7 Å². The van der Waals surface area contributed by atoms with Gasteiger partial charge in [-0.25, -0.2) is 0 Å². The molecule has 3 rings (SSSR count). The van der Waals surface area contributed by atoms with Gasteiger partial charge in [0.2, 0.25) is 12.5 Å². The van der Waals surface area contributed by atoms with Crippen LogP contribution in [-0.2, 0) is 13.1 Å². The second kappa shape index (κ2) is 7.53. The van der Waals surface area contributed by atoms with Gasteiger partial charge in [-0.3, -0.25) is 4.90 Å². The average molecular weight is 345 g/mol. The van der Waals surface area contributed by atoms with E-state index in [1.54, 1.807) is 21.3 Å². The molecule has 0 bridgehead atoms. The molecular formula is C19H23NO5. The van der Waals surface area contributed by atoms with Crippen LogP contribution in [-0.4, -0.2) is 40.1 Å². The maximum absolute atomic E-state index is 5.44. The predicted octanol–water partition coefficient (Wildman–Crippen LogP) is 3.07. The van der Waals surface area contributed by atoms with E-state index in [4.69, 9.17) is 23.7 Å². The Balaban J connectivity index is 1.73. The summed E-state index contributed by atoms with van der Waals surface area (Å²) in [5, 5.41) is 0. The number of rotatable bonds is 7. The lowest BCUT2D eigenvalue weighted by molar-refractivity contribution is 0.174. The van der Waals surface area contributed by atoms with Crippen molar-refractivity contribution in [2.24, 2.45) is 0 Å². The van der Waals surface area contributed by atoms with E-state index in [9.17, 15) is 0 Å². The summed E-state index contributed by atoms with van der Waals surface area (Å²) in [5.41, 5.74) is 2.25. The fraction of sp³-hybridized carbons (Fsp3) is 0.368. The average Bonchev–Trinajstić information content (AvgIpc) is 3.08. The molecule has 2 aromatic rings. The summed E-state index contributed by atoms with van der Waals surface area (Å²) in [4.78, 5) is 2.21. The van der Waals surface area contributed by atoms with Crippen LogP contribution in [0.2, 0.25) is 0 Å². The van der Waals surface area contributed by atoms with Crippen LogP contribution in [0.5, 0.6) is 28.7 Å². The van der Waals surface area contributed by atoms with Crippen LogP contribution in [0.25, 0.3) is 0 Å². The summed E-state index contributed by atoms with van der Waals surface area (Å²) in [5.74, 6) is 3.53. The Labute approximate surface area is 147 Å². The molecule has 6 nitrogen and oxygen atoms in total. The van der Waals surface area contributed by atoms with Crippen LogP contribution in [0, 0.1) is 0 Å². The quantitative estimate of drug-likeness (QED) is 0.769. The van der Waals surface area contributed by atoms with E-state index in [1.165, 1.54) is 5.56 Å². The van der Waals surface area contributed by atoms with Crippen LogP contribution in [0.15, 0.2) is 30.3 Å². The van der Waals surface area contributed by atoms with E-state index in [2.05, 4.69) is 18.0 Å². The molecule has 0 saturated carbocycles. The largest absolute Gasteiger partial charge is 0.493 e. The van der Waals surface area contributed by atoms with Crippen molar-refractivity contribution in [1.82, 2.24) is 4.90 Å². The monoisotopic (exact) mass is 345 g/mol. The Kier molecular flexibility index (Phi) is 5.19. The fourth-order valence-electron chi connectivity index (χ4n) is 2.95. The number of benzene rings is 2. The molecule has 0 aromatic heterocycles. The lowest BCUT2D eigenvalue weighted by Crippen LogP contribution is -2.17. The molecule has 0 N–H and O–H groups in total. The molecule has 0 amide bonds. The lowest BCUT2D eigenvalue weighted by Gasteiger charge is -2.19. The predicted molar refractivity (Wildman–Crippen MR) is 93.8 cm³/mol. The number of hydrogen-bond acceptors (Lipinski definition) is 6. The summed E-state index contributed by atoms with van der Waals surface area (Å²) in [6, 6.07) is 9.97. The van der Waals surface area contributed by atoms with Crippen molar-refractivity contribution in [1.29, 1.82) is 0 Å². The molecule has 0 aliphatic carbocycles. The first-order valence-electron chi connectivity index (χ1n) is 8.00. The highest BCUT2D eigenvalue weighted by Crippen LogP contribution is 2.38. The molecule has 25 heavy (non-hydrogen) atoms. The fourth-order valence-corrected chi connectivity index (χ4v) is 2.95. The van der Waals surface area contributed by atoms with Gasteiger partial charge in [-0.1, -0.05) is 6.07 Å². The van der Waals surface area contributed by atoms with Gasteiger partial charge >= 0.3 is 0 Å². The van der Waals surface area contributed by atoms with Crippen molar-refractivity contribution in [3.63, 3.8) is 0 Å². The summed E-state index contributed by atoms with van der Waals surface area (Å²) in [6.07, 6.45) is 0.